The summed E-state index contributed by atoms with van der Waals surface area (Å²) in [5, 5.41) is 21.2. The maximum absolute atomic E-state index is 12.2. The van der Waals surface area contributed by atoms with Crippen LogP contribution >= 0.6 is 0 Å². The number of aliphatic hydroxyl groups is 1. The van der Waals surface area contributed by atoms with Gasteiger partial charge in [0.25, 0.3) is 0 Å². The molecule has 5 rings (SSSR count). The summed E-state index contributed by atoms with van der Waals surface area (Å²) in [5.74, 6) is -0.920. The molecule has 3 N–H and O–H groups in total. The average molecular weight is 652 g/mol. The first-order chi connectivity index (χ1) is 23.4. The highest BCUT2D eigenvalue weighted by molar-refractivity contribution is 5.76. The largest absolute Gasteiger partial charge is 0.481 e. The van der Waals surface area contributed by atoms with Crippen LogP contribution in [0.2, 0.25) is 0 Å². The number of benzene rings is 3. The van der Waals surface area contributed by atoms with E-state index in [9.17, 15) is 14.7 Å². The Morgan fingerprint density at radius 1 is 0.875 bits per heavy atom. The van der Waals surface area contributed by atoms with Crippen molar-refractivity contribution in [1.82, 2.24) is 15.2 Å². The minimum absolute atomic E-state index is 0.00130. The first-order valence-electron chi connectivity index (χ1n) is 16.6. The molecule has 1 aliphatic heterocycles. The number of hydrogen-bond donors (Lipinski definition) is 3. The number of amides is 1. The number of carboxylic acids is 1. The molecule has 3 atom stereocenters. The predicted octanol–water partition coefficient (Wildman–Crippen LogP) is 6.22. The molecule has 3 aromatic carbocycles. The van der Waals surface area contributed by atoms with Crippen molar-refractivity contribution < 1.29 is 29.3 Å². The normalized spacial score (nSPS) is 17.7. The van der Waals surface area contributed by atoms with Gasteiger partial charge in [0.05, 0.1) is 18.8 Å². The number of aliphatic carboxylic acids is 1. The lowest BCUT2D eigenvalue weighted by molar-refractivity contribution is -0.252. The molecule has 1 aliphatic rings. The van der Waals surface area contributed by atoms with E-state index in [1.54, 1.807) is 0 Å². The van der Waals surface area contributed by atoms with Crippen molar-refractivity contribution in [2.24, 2.45) is 0 Å². The number of aliphatic hydroxyl groups excluding tert-OH is 1. The third-order valence-corrected chi connectivity index (χ3v) is 8.58. The predicted molar refractivity (Wildman–Crippen MR) is 184 cm³/mol. The second kappa shape index (κ2) is 17.7. The molecule has 0 aliphatic carbocycles. The van der Waals surface area contributed by atoms with Crippen LogP contribution in [0, 0.1) is 0 Å². The van der Waals surface area contributed by atoms with Crippen molar-refractivity contribution in [2.75, 3.05) is 20.1 Å². The molecule has 1 fully saturated rings. The number of nitrogens with zero attached hydrogens (tertiary/aromatic N) is 2. The van der Waals surface area contributed by atoms with Gasteiger partial charge in [-0.15, -0.1) is 0 Å². The number of rotatable bonds is 16. The van der Waals surface area contributed by atoms with Gasteiger partial charge in [-0.25, -0.2) is 0 Å². The quantitative estimate of drug-likeness (QED) is 0.122. The van der Waals surface area contributed by atoms with E-state index in [2.05, 4.69) is 40.4 Å². The first-order valence-corrected chi connectivity index (χ1v) is 16.6. The Hall–Kier alpha value is -4.41. The number of ether oxygens (including phenoxy) is 2. The maximum Gasteiger partial charge on any atom is 0.303 e. The molecule has 1 saturated heterocycles. The van der Waals surface area contributed by atoms with E-state index < -0.39 is 12.3 Å². The van der Waals surface area contributed by atoms with Crippen LogP contribution in [0.5, 0.6) is 0 Å². The molecule has 0 spiro atoms. The molecular weight excluding hydrogens is 606 g/mol. The number of carbonyl (C=O) groups is 2. The number of carboxylic acid groups (broad SMARTS) is 1. The molecule has 0 saturated carbocycles. The van der Waals surface area contributed by atoms with E-state index in [-0.39, 0.29) is 31.1 Å². The number of aromatic nitrogens is 1. The van der Waals surface area contributed by atoms with Crippen molar-refractivity contribution >= 4 is 11.9 Å². The van der Waals surface area contributed by atoms with Gasteiger partial charge in [-0.1, -0.05) is 72.8 Å². The Kier molecular flexibility index (Phi) is 12.8. The fourth-order valence-corrected chi connectivity index (χ4v) is 5.87. The van der Waals surface area contributed by atoms with E-state index in [0.717, 1.165) is 58.6 Å². The van der Waals surface area contributed by atoms with Gasteiger partial charge in [-0.3, -0.25) is 14.6 Å². The highest BCUT2D eigenvalue weighted by Crippen LogP contribution is 2.38. The molecule has 0 bridgehead atoms. The number of nitrogens with one attached hydrogen (secondary N) is 1. The van der Waals surface area contributed by atoms with Crippen LogP contribution in [0.25, 0.3) is 11.1 Å². The molecule has 252 valence electrons. The lowest BCUT2D eigenvalue weighted by atomic mass is 9.99. The second-order valence-corrected chi connectivity index (χ2v) is 12.4. The summed E-state index contributed by atoms with van der Waals surface area (Å²) < 4.78 is 13.1. The van der Waals surface area contributed by atoms with Gasteiger partial charge in [0, 0.05) is 62.8 Å². The summed E-state index contributed by atoms with van der Waals surface area (Å²) >= 11 is 0. The molecule has 48 heavy (non-hydrogen) atoms. The van der Waals surface area contributed by atoms with Crippen molar-refractivity contribution in [3.8, 4) is 11.1 Å². The van der Waals surface area contributed by atoms with Crippen LogP contribution in [0.1, 0.15) is 72.4 Å². The number of unbranched alkanes of at least 4 members (excludes halogenated alkanes) is 1. The average Bonchev–Trinajstić information content (AvgIpc) is 3.12. The highest BCUT2D eigenvalue weighted by Gasteiger charge is 2.32. The zero-order valence-corrected chi connectivity index (χ0v) is 27.5. The van der Waals surface area contributed by atoms with Crippen LogP contribution in [0.3, 0.4) is 0 Å². The van der Waals surface area contributed by atoms with Gasteiger partial charge < -0.3 is 29.9 Å². The van der Waals surface area contributed by atoms with Crippen LogP contribution in [0.4, 0.5) is 0 Å². The molecule has 4 aromatic rings. The lowest BCUT2D eigenvalue weighted by Crippen LogP contribution is -2.38. The molecule has 2 heterocycles. The second-order valence-electron chi connectivity index (χ2n) is 12.4. The van der Waals surface area contributed by atoms with Crippen LogP contribution < -0.4 is 5.32 Å². The number of pyridine rings is 1. The summed E-state index contributed by atoms with van der Waals surface area (Å²) in [6.45, 7) is 2.03. The number of likely N-dealkylation sites (N-methyl/N-ethyl adjacent to an activating group) is 1. The molecular formula is C39H45N3O6. The van der Waals surface area contributed by atoms with Gasteiger partial charge >= 0.3 is 5.97 Å². The Bertz CT molecular complexity index is 1600. The summed E-state index contributed by atoms with van der Waals surface area (Å²) in [4.78, 5) is 29.6. The van der Waals surface area contributed by atoms with Crippen molar-refractivity contribution in [2.45, 2.75) is 70.2 Å². The summed E-state index contributed by atoms with van der Waals surface area (Å²) in [7, 11) is 2.11. The van der Waals surface area contributed by atoms with E-state index in [1.807, 2.05) is 79.0 Å². The first kappa shape index (κ1) is 34.9. The molecule has 0 unspecified atom stereocenters. The van der Waals surface area contributed by atoms with Crippen molar-refractivity contribution in [3.63, 3.8) is 0 Å². The fraction of sp³-hybridized carbons (Fsp3) is 0.359. The monoisotopic (exact) mass is 651 g/mol. The molecule has 9 nitrogen and oxygen atoms in total. The minimum atomic E-state index is -0.839. The maximum atomic E-state index is 12.2. The smallest absolute Gasteiger partial charge is 0.303 e. The molecule has 1 aromatic heterocycles. The third-order valence-electron chi connectivity index (χ3n) is 8.58. The summed E-state index contributed by atoms with van der Waals surface area (Å²) in [6.07, 6.45) is 4.10. The van der Waals surface area contributed by atoms with Crippen LogP contribution in [0.15, 0.2) is 97.2 Å². The van der Waals surface area contributed by atoms with Gasteiger partial charge in [0.1, 0.15) is 0 Å². The molecule has 1 amide bonds. The molecule has 9 heteroatoms. The SMILES string of the molecule is CN(CCc1ccccn1)C[C@H]1C[C@@H](c2ccc(CO)cc2)O[C@@H](c2ccc(-c3cccc(CNC(=O)CCCCC(=O)O)c3)cc2)O1. The lowest BCUT2D eigenvalue weighted by Gasteiger charge is -2.38. The van der Waals surface area contributed by atoms with Crippen molar-refractivity contribution in [3.05, 3.63) is 125 Å². The highest BCUT2D eigenvalue weighted by atomic mass is 16.7. The summed E-state index contributed by atoms with van der Waals surface area (Å²) in [5.41, 5.74) is 6.98. The topological polar surface area (TPSA) is 121 Å². The van der Waals surface area contributed by atoms with E-state index >= 15 is 0 Å². The zero-order valence-electron chi connectivity index (χ0n) is 27.5. The Balaban J connectivity index is 1.23. The fourth-order valence-electron chi connectivity index (χ4n) is 5.87. The molecule has 0 radical (unpaired) electrons. The Morgan fingerprint density at radius 2 is 1.65 bits per heavy atom. The van der Waals surface area contributed by atoms with Crippen molar-refractivity contribution in [1.29, 1.82) is 0 Å². The van der Waals surface area contributed by atoms with Gasteiger partial charge in [0.15, 0.2) is 6.29 Å². The minimum Gasteiger partial charge on any atom is -0.481 e. The zero-order chi connectivity index (χ0) is 33.7. The number of hydrogen-bond acceptors (Lipinski definition) is 7. The standard InChI is InChI=1S/C39H45N3O6/c1-42(22-20-34-9-4-5-21-40-34)26-35-24-36(31-14-12-28(27-43)13-15-31)48-39(47-35)32-18-16-30(17-19-32)33-8-6-7-29(23-33)25-41-37(44)10-2-3-11-38(45)46/h4-9,12-19,21,23,35-36,39,43H,2-3,10-11,20,22,24-27H2,1H3,(H,41,44)(H,45,46)/t35-,36+,39+/m1/s1. The van der Waals surface area contributed by atoms with Crippen LogP contribution in [-0.4, -0.2) is 58.2 Å². The van der Waals surface area contributed by atoms with E-state index in [4.69, 9.17) is 14.6 Å². The van der Waals surface area contributed by atoms with Gasteiger partial charge in [0.2, 0.25) is 5.91 Å². The summed E-state index contributed by atoms with van der Waals surface area (Å²) in [6, 6.07) is 30.2. The Labute approximate surface area is 282 Å². The number of carbonyl (C=O) groups excluding carboxylic acids is 1. The Morgan fingerprint density at radius 3 is 2.38 bits per heavy atom. The van der Waals surface area contributed by atoms with Crippen LogP contribution in [-0.2, 0) is 38.6 Å². The third kappa shape index (κ3) is 10.6. The van der Waals surface area contributed by atoms with E-state index in [0.29, 0.717) is 32.2 Å². The van der Waals surface area contributed by atoms with Gasteiger partial charge in [-0.2, -0.15) is 0 Å². The van der Waals surface area contributed by atoms with Gasteiger partial charge in [-0.05, 0) is 65.9 Å². The van der Waals surface area contributed by atoms with E-state index in [1.165, 1.54) is 0 Å².